The maximum atomic E-state index is 13.7. The molecule has 0 unspecified atom stereocenters. The van der Waals surface area contributed by atoms with E-state index in [1.807, 2.05) is 20.8 Å². The molecule has 0 bridgehead atoms. The summed E-state index contributed by atoms with van der Waals surface area (Å²) in [5.74, 6) is -3.02. The fourth-order valence-electron chi connectivity index (χ4n) is 2.35. The number of anilines is 1. The van der Waals surface area contributed by atoms with Crippen molar-refractivity contribution in [1.82, 2.24) is 19.7 Å². The van der Waals surface area contributed by atoms with Gasteiger partial charge in [-0.15, -0.1) is 0 Å². The lowest BCUT2D eigenvalue weighted by atomic mass is 10.1. The lowest BCUT2D eigenvalue weighted by Crippen LogP contribution is -2.23. The number of fused-ring (bicyclic) bond motifs is 1. The third-order valence-corrected chi connectivity index (χ3v) is 3.42. The maximum absolute atomic E-state index is 13.7. The van der Waals surface area contributed by atoms with Crippen LogP contribution in [0.5, 0.6) is 5.75 Å². The minimum atomic E-state index is -1.08. The highest BCUT2D eigenvalue weighted by Crippen LogP contribution is 2.35. The molecule has 8 heteroatoms. The van der Waals surface area contributed by atoms with E-state index in [0.29, 0.717) is 11.0 Å². The van der Waals surface area contributed by atoms with Crippen molar-refractivity contribution >= 4 is 16.9 Å². The summed E-state index contributed by atoms with van der Waals surface area (Å²) >= 11 is 0. The Labute approximate surface area is 130 Å². The molecule has 1 aromatic carbocycles. The smallest absolute Gasteiger partial charge is 0.187 e. The predicted molar refractivity (Wildman–Crippen MR) is 81.7 cm³/mol. The lowest BCUT2D eigenvalue weighted by molar-refractivity contribution is 0.366. The van der Waals surface area contributed by atoms with Crippen LogP contribution in [0.2, 0.25) is 0 Å². The number of hydrogen-bond acceptors (Lipinski definition) is 5. The molecule has 0 spiro atoms. The van der Waals surface area contributed by atoms with E-state index >= 15 is 0 Å². The number of aromatic hydroxyl groups is 1. The van der Waals surface area contributed by atoms with Gasteiger partial charge in [0, 0.05) is 5.56 Å². The molecule has 0 radical (unpaired) electrons. The summed E-state index contributed by atoms with van der Waals surface area (Å²) in [4.78, 5) is 8.12. The highest BCUT2D eigenvalue weighted by Gasteiger charge is 2.25. The summed E-state index contributed by atoms with van der Waals surface area (Å²) < 4.78 is 29.0. The van der Waals surface area contributed by atoms with Gasteiger partial charge >= 0.3 is 0 Å². The second-order valence-corrected chi connectivity index (χ2v) is 6.18. The van der Waals surface area contributed by atoms with Crippen LogP contribution in [0, 0.1) is 11.6 Å². The molecule has 3 N–H and O–H groups in total. The van der Waals surface area contributed by atoms with Crippen molar-refractivity contribution in [3.63, 3.8) is 0 Å². The van der Waals surface area contributed by atoms with Gasteiger partial charge in [-0.25, -0.2) is 23.4 Å². The fraction of sp³-hybridized carbons (Fsp3) is 0.267. The summed E-state index contributed by atoms with van der Waals surface area (Å²) in [6.07, 6.45) is 1.31. The summed E-state index contributed by atoms with van der Waals surface area (Å²) in [6.45, 7) is 5.75. The Morgan fingerprint density at radius 3 is 2.30 bits per heavy atom. The van der Waals surface area contributed by atoms with Gasteiger partial charge in [-0.2, -0.15) is 5.10 Å². The quantitative estimate of drug-likeness (QED) is 0.720. The standard InChI is InChI=1S/C15H15F2N5O/c1-15(2,3)22-14-10(13(18)19-6-20-14)11(21-22)7-4-8(16)12(23)9(17)5-7/h4-6,23H,1-3H3,(H2,18,19,20). The van der Waals surface area contributed by atoms with Crippen molar-refractivity contribution in [2.75, 3.05) is 5.73 Å². The normalized spacial score (nSPS) is 12.0. The number of nitrogens with two attached hydrogens (primary N) is 1. The number of halogens is 2. The monoisotopic (exact) mass is 319 g/mol. The third-order valence-electron chi connectivity index (χ3n) is 3.42. The lowest BCUT2D eigenvalue weighted by Gasteiger charge is -2.19. The number of hydrogen-bond donors (Lipinski definition) is 2. The number of rotatable bonds is 1. The Morgan fingerprint density at radius 2 is 1.74 bits per heavy atom. The molecule has 2 aromatic heterocycles. The van der Waals surface area contributed by atoms with Crippen LogP contribution in [-0.4, -0.2) is 24.9 Å². The first kappa shape index (κ1) is 15.1. The van der Waals surface area contributed by atoms with Crippen molar-refractivity contribution < 1.29 is 13.9 Å². The molecule has 0 saturated carbocycles. The molecular weight excluding hydrogens is 304 g/mol. The van der Waals surface area contributed by atoms with Crippen molar-refractivity contribution in [3.05, 3.63) is 30.1 Å². The van der Waals surface area contributed by atoms with E-state index in [1.54, 1.807) is 4.68 Å². The fourth-order valence-corrected chi connectivity index (χ4v) is 2.35. The minimum Gasteiger partial charge on any atom is -0.503 e. The van der Waals surface area contributed by atoms with Crippen LogP contribution in [-0.2, 0) is 5.54 Å². The van der Waals surface area contributed by atoms with Crippen LogP contribution < -0.4 is 5.73 Å². The minimum absolute atomic E-state index is 0.146. The first-order valence-electron chi connectivity index (χ1n) is 6.88. The predicted octanol–water partition coefficient (Wildman–Crippen LogP) is 2.81. The molecule has 0 aliphatic rings. The summed E-state index contributed by atoms with van der Waals surface area (Å²) in [5, 5.41) is 14.1. The number of nitrogen functional groups attached to an aromatic ring is 1. The molecule has 0 atom stereocenters. The molecule has 3 aromatic rings. The Balaban J connectivity index is 2.39. The molecule has 120 valence electrons. The molecule has 2 heterocycles. The van der Waals surface area contributed by atoms with E-state index in [2.05, 4.69) is 15.1 Å². The van der Waals surface area contributed by atoms with Crippen molar-refractivity contribution in [3.8, 4) is 17.0 Å². The molecule has 0 aliphatic carbocycles. The van der Waals surface area contributed by atoms with E-state index in [0.717, 1.165) is 12.1 Å². The van der Waals surface area contributed by atoms with E-state index < -0.39 is 22.9 Å². The van der Waals surface area contributed by atoms with Crippen LogP contribution in [0.1, 0.15) is 20.8 Å². The van der Waals surface area contributed by atoms with Crippen LogP contribution in [0.15, 0.2) is 18.5 Å². The molecule has 0 fully saturated rings. The van der Waals surface area contributed by atoms with Gasteiger partial charge in [-0.1, -0.05) is 0 Å². The summed E-state index contributed by atoms with van der Waals surface area (Å²) in [7, 11) is 0. The molecule has 3 rings (SSSR count). The number of phenols is 1. The van der Waals surface area contributed by atoms with Crippen molar-refractivity contribution in [1.29, 1.82) is 0 Å². The van der Waals surface area contributed by atoms with Gasteiger partial charge in [-0.3, -0.25) is 0 Å². The summed E-state index contributed by atoms with van der Waals surface area (Å²) in [5.41, 5.74) is 6.36. The van der Waals surface area contributed by atoms with Gasteiger partial charge in [0.25, 0.3) is 0 Å². The Morgan fingerprint density at radius 1 is 1.13 bits per heavy atom. The molecular formula is C15H15F2N5O. The number of benzene rings is 1. The zero-order chi connectivity index (χ0) is 16.9. The molecule has 0 saturated heterocycles. The maximum Gasteiger partial charge on any atom is 0.187 e. The average molecular weight is 319 g/mol. The first-order chi connectivity index (χ1) is 10.7. The number of aromatic nitrogens is 4. The summed E-state index contributed by atoms with van der Waals surface area (Å²) in [6, 6.07) is 2.00. The molecule has 0 aliphatic heterocycles. The van der Waals surface area contributed by atoms with Gasteiger partial charge in [-0.05, 0) is 32.9 Å². The topological polar surface area (TPSA) is 89.8 Å². The van der Waals surface area contributed by atoms with E-state index in [9.17, 15) is 13.9 Å². The second-order valence-electron chi connectivity index (χ2n) is 6.18. The van der Waals surface area contributed by atoms with Gasteiger partial charge in [0.1, 0.15) is 17.8 Å². The zero-order valence-corrected chi connectivity index (χ0v) is 12.8. The van der Waals surface area contributed by atoms with Gasteiger partial charge in [0.15, 0.2) is 23.0 Å². The van der Waals surface area contributed by atoms with Gasteiger partial charge < -0.3 is 10.8 Å². The van der Waals surface area contributed by atoms with Crippen LogP contribution >= 0.6 is 0 Å². The highest BCUT2D eigenvalue weighted by atomic mass is 19.1. The largest absolute Gasteiger partial charge is 0.503 e. The van der Waals surface area contributed by atoms with Crippen molar-refractivity contribution in [2.24, 2.45) is 0 Å². The average Bonchev–Trinajstić information content (AvgIpc) is 2.85. The van der Waals surface area contributed by atoms with Crippen LogP contribution in [0.25, 0.3) is 22.3 Å². The zero-order valence-electron chi connectivity index (χ0n) is 12.8. The first-order valence-corrected chi connectivity index (χ1v) is 6.88. The third kappa shape index (κ3) is 2.36. The van der Waals surface area contributed by atoms with E-state index in [4.69, 9.17) is 5.73 Å². The molecule has 0 amide bonds. The van der Waals surface area contributed by atoms with Crippen molar-refractivity contribution in [2.45, 2.75) is 26.3 Å². The SMILES string of the molecule is CC(C)(C)n1nc(-c2cc(F)c(O)c(F)c2)c2c(N)ncnc21. The number of phenolic OH excluding ortho intramolecular Hbond substituents is 1. The second kappa shape index (κ2) is 4.87. The molecule has 6 nitrogen and oxygen atoms in total. The Bertz CT molecular complexity index is 891. The highest BCUT2D eigenvalue weighted by molar-refractivity contribution is 5.98. The van der Waals surface area contributed by atoms with Crippen LogP contribution in [0.4, 0.5) is 14.6 Å². The Hall–Kier alpha value is -2.77. The Kier molecular flexibility index (Phi) is 3.20. The molecule has 23 heavy (non-hydrogen) atoms. The van der Waals surface area contributed by atoms with Gasteiger partial charge in [0.2, 0.25) is 0 Å². The van der Waals surface area contributed by atoms with E-state index in [1.165, 1.54) is 6.33 Å². The van der Waals surface area contributed by atoms with Gasteiger partial charge in [0.05, 0.1) is 10.9 Å². The van der Waals surface area contributed by atoms with E-state index in [-0.39, 0.29) is 17.1 Å². The number of nitrogens with zero attached hydrogens (tertiary/aromatic N) is 4. The van der Waals surface area contributed by atoms with Crippen LogP contribution in [0.3, 0.4) is 0 Å².